The van der Waals surface area contributed by atoms with Gasteiger partial charge in [0.25, 0.3) is 0 Å². The fourth-order valence-electron chi connectivity index (χ4n) is 4.40. The number of rotatable bonds is 4. The summed E-state index contributed by atoms with van der Waals surface area (Å²) in [7, 11) is 0. The molecule has 154 valence electrons. The number of fused-ring (bicyclic) bond motifs is 1. The second-order valence-electron chi connectivity index (χ2n) is 8.63. The van der Waals surface area contributed by atoms with Crippen LogP contribution >= 0.6 is 0 Å². The second-order valence-corrected chi connectivity index (χ2v) is 8.63. The molecule has 2 fully saturated rings. The number of nitrogens with zero attached hydrogens (tertiary/aromatic N) is 2. The highest BCUT2D eigenvalue weighted by atomic mass is 19.1. The van der Waals surface area contributed by atoms with Gasteiger partial charge in [0.05, 0.1) is 6.04 Å². The lowest BCUT2D eigenvalue weighted by molar-refractivity contribution is -0.0696. The van der Waals surface area contributed by atoms with Gasteiger partial charge in [-0.2, -0.15) is 0 Å². The zero-order chi connectivity index (χ0) is 20.6. The Kier molecular flexibility index (Phi) is 5.32. The van der Waals surface area contributed by atoms with E-state index in [1.54, 1.807) is 6.07 Å². The van der Waals surface area contributed by atoms with Crippen LogP contribution in [-0.2, 0) is 17.8 Å². The summed E-state index contributed by atoms with van der Waals surface area (Å²) in [6, 6.07) is 13.2. The van der Waals surface area contributed by atoms with Gasteiger partial charge in [-0.15, -0.1) is 0 Å². The molecule has 1 amide bonds. The Hall–Kier alpha value is -2.44. The number of carbonyl (C=O) groups is 1. The van der Waals surface area contributed by atoms with E-state index in [1.165, 1.54) is 6.07 Å². The number of piperazine rings is 1. The summed E-state index contributed by atoms with van der Waals surface area (Å²) in [6.07, 6.45) is 0.620. The molecule has 0 aromatic heterocycles. The Labute approximate surface area is 171 Å². The van der Waals surface area contributed by atoms with Crippen molar-refractivity contribution in [2.24, 2.45) is 5.73 Å². The van der Waals surface area contributed by atoms with Crippen LogP contribution in [-0.4, -0.2) is 47.2 Å². The lowest BCUT2D eigenvalue weighted by Gasteiger charge is -2.48. The SMILES string of the molecule is CC1(C)C[C@H]2CN(Cc3cccc(-c4cc(CN)ccc4F)c3)CCN2C(=O)O1. The van der Waals surface area contributed by atoms with Crippen molar-refractivity contribution in [3.05, 3.63) is 59.4 Å². The lowest BCUT2D eigenvalue weighted by Crippen LogP contribution is -2.61. The van der Waals surface area contributed by atoms with Crippen LogP contribution in [0.5, 0.6) is 0 Å². The van der Waals surface area contributed by atoms with Gasteiger partial charge in [0.15, 0.2) is 0 Å². The second kappa shape index (κ2) is 7.76. The van der Waals surface area contributed by atoms with Crippen LogP contribution in [0.25, 0.3) is 11.1 Å². The van der Waals surface area contributed by atoms with Crippen molar-refractivity contribution in [3.63, 3.8) is 0 Å². The summed E-state index contributed by atoms with van der Waals surface area (Å²) in [5.74, 6) is -0.240. The molecule has 6 heteroatoms. The molecule has 5 nitrogen and oxygen atoms in total. The van der Waals surface area contributed by atoms with Gasteiger partial charge < -0.3 is 15.4 Å². The first kappa shape index (κ1) is 19.9. The van der Waals surface area contributed by atoms with Crippen molar-refractivity contribution in [2.45, 2.75) is 45.0 Å². The number of hydrogen-bond donors (Lipinski definition) is 1. The van der Waals surface area contributed by atoms with E-state index < -0.39 is 5.60 Å². The normalized spacial score (nSPS) is 21.6. The van der Waals surface area contributed by atoms with E-state index in [2.05, 4.69) is 11.0 Å². The highest BCUT2D eigenvalue weighted by Crippen LogP contribution is 2.30. The average Bonchev–Trinajstić information content (AvgIpc) is 2.67. The Morgan fingerprint density at radius 1 is 1.17 bits per heavy atom. The summed E-state index contributed by atoms with van der Waals surface area (Å²) in [6.45, 7) is 7.38. The van der Waals surface area contributed by atoms with Gasteiger partial charge in [-0.05, 0) is 48.7 Å². The summed E-state index contributed by atoms with van der Waals surface area (Å²) in [5.41, 5.74) is 8.77. The van der Waals surface area contributed by atoms with Gasteiger partial charge in [-0.25, -0.2) is 9.18 Å². The predicted octanol–water partition coefficient (Wildman–Crippen LogP) is 3.76. The third kappa shape index (κ3) is 4.28. The van der Waals surface area contributed by atoms with E-state index in [-0.39, 0.29) is 18.0 Å². The van der Waals surface area contributed by atoms with Crippen LogP contribution in [0.4, 0.5) is 9.18 Å². The Morgan fingerprint density at radius 2 is 2.00 bits per heavy atom. The molecule has 0 saturated carbocycles. The largest absolute Gasteiger partial charge is 0.443 e. The van der Waals surface area contributed by atoms with Crippen LogP contribution in [0.3, 0.4) is 0 Å². The number of cyclic esters (lactones) is 1. The molecule has 29 heavy (non-hydrogen) atoms. The van der Waals surface area contributed by atoms with Gasteiger partial charge in [0.2, 0.25) is 0 Å². The molecule has 0 radical (unpaired) electrons. The first-order chi connectivity index (χ1) is 13.8. The topological polar surface area (TPSA) is 58.8 Å². The van der Waals surface area contributed by atoms with Crippen molar-refractivity contribution in [3.8, 4) is 11.1 Å². The van der Waals surface area contributed by atoms with Gasteiger partial charge >= 0.3 is 6.09 Å². The van der Waals surface area contributed by atoms with Crippen molar-refractivity contribution >= 4 is 6.09 Å². The number of carbonyl (C=O) groups excluding carboxylic acids is 1. The van der Waals surface area contributed by atoms with Crippen LogP contribution in [0.1, 0.15) is 31.4 Å². The maximum Gasteiger partial charge on any atom is 0.410 e. The fourth-order valence-corrected chi connectivity index (χ4v) is 4.40. The molecule has 1 atom stereocenters. The molecule has 0 unspecified atom stereocenters. The molecular formula is C23H28FN3O2. The van der Waals surface area contributed by atoms with Crippen molar-refractivity contribution in [2.75, 3.05) is 19.6 Å². The molecule has 2 heterocycles. The molecule has 0 aliphatic carbocycles. The number of nitrogens with two attached hydrogens (primary N) is 1. The number of halogens is 1. The first-order valence-electron chi connectivity index (χ1n) is 10.1. The quantitative estimate of drug-likeness (QED) is 0.854. The van der Waals surface area contributed by atoms with Crippen LogP contribution in [0, 0.1) is 5.82 Å². The maximum atomic E-state index is 14.4. The Morgan fingerprint density at radius 3 is 2.79 bits per heavy atom. The van der Waals surface area contributed by atoms with Crippen molar-refractivity contribution in [1.82, 2.24) is 9.80 Å². The van der Waals surface area contributed by atoms with Crippen molar-refractivity contribution < 1.29 is 13.9 Å². The Balaban J connectivity index is 1.50. The lowest BCUT2D eigenvalue weighted by atomic mass is 9.94. The fraction of sp³-hybridized carbons (Fsp3) is 0.435. The molecule has 4 rings (SSSR count). The van der Waals surface area contributed by atoms with Gasteiger partial charge in [0, 0.05) is 44.7 Å². The molecule has 2 aromatic rings. The summed E-state index contributed by atoms with van der Waals surface area (Å²) in [5, 5.41) is 0. The number of amides is 1. The molecule has 2 aliphatic rings. The van der Waals surface area contributed by atoms with Gasteiger partial charge in [-0.1, -0.05) is 24.3 Å². The zero-order valence-electron chi connectivity index (χ0n) is 17.0. The standard InChI is InChI=1S/C23H28FN3O2/c1-23(2)12-19-15-26(8-9-27(19)22(28)29-23)14-17-4-3-5-18(10-17)20-11-16(13-25)6-7-21(20)24/h3-7,10-11,19H,8-9,12-15,25H2,1-2H3/t19-/m0/s1. The van der Waals surface area contributed by atoms with Crippen LogP contribution in [0.2, 0.25) is 0 Å². The molecular weight excluding hydrogens is 369 g/mol. The van der Waals surface area contributed by atoms with Crippen LogP contribution in [0.15, 0.2) is 42.5 Å². The maximum absolute atomic E-state index is 14.4. The smallest absolute Gasteiger partial charge is 0.410 e. The summed E-state index contributed by atoms with van der Waals surface area (Å²) >= 11 is 0. The number of benzene rings is 2. The highest BCUT2D eigenvalue weighted by molar-refractivity contribution is 5.70. The van der Waals surface area contributed by atoms with Crippen molar-refractivity contribution in [1.29, 1.82) is 0 Å². The highest BCUT2D eigenvalue weighted by Gasteiger charge is 2.42. The minimum atomic E-state index is -0.424. The molecule has 2 saturated heterocycles. The van der Waals surface area contributed by atoms with E-state index in [0.717, 1.165) is 42.7 Å². The minimum absolute atomic E-state index is 0.168. The zero-order valence-corrected chi connectivity index (χ0v) is 17.0. The number of hydrogen-bond acceptors (Lipinski definition) is 4. The van der Waals surface area contributed by atoms with Gasteiger partial charge in [0.1, 0.15) is 11.4 Å². The van der Waals surface area contributed by atoms with Crippen LogP contribution < -0.4 is 5.73 Å². The van der Waals surface area contributed by atoms with E-state index in [1.807, 2.05) is 43.0 Å². The third-order valence-electron chi connectivity index (χ3n) is 5.80. The Bertz CT molecular complexity index is 915. The molecule has 0 bridgehead atoms. The molecule has 2 aromatic carbocycles. The molecule has 0 spiro atoms. The van der Waals surface area contributed by atoms with Gasteiger partial charge in [-0.3, -0.25) is 4.90 Å². The molecule has 2 N–H and O–H groups in total. The van der Waals surface area contributed by atoms with E-state index in [0.29, 0.717) is 18.7 Å². The van der Waals surface area contributed by atoms with E-state index in [4.69, 9.17) is 10.5 Å². The van der Waals surface area contributed by atoms with E-state index >= 15 is 0 Å². The average molecular weight is 397 g/mol. The minimum Gasteiger partial charge on any atom is -0.443 e. The summed E-state index contributed by atoms with van der Waals surface area (Å²) < 4.78 is 19.9. The predicted molar refractivity (Wildman–Crippen MR) is 111 cm³/mol. The van der Waals surface area contributed by atoms with E-state index in [9.17, 15) is 9.18 Å². The monoisotopic (exact) mass is 397 g/mol. The summed E-state index contributed by atoms with van der Waals surface area (Å²) in [4.78, 5) is 16.5. The first-order valence-corrected chi connectivity index (χ1v) is 10.1. The molecule has 2 aliphatic heterocycles. The number of ether oxygens (including phenoxy) is 1. The third-order valence-corrected chi connectivity index (χ3v) is 5.80.